The van der Waals surface area contributed by atoms with E-state index in [0.717, 1.165) is 17.3 Å². The third-order valence-electron chi connectivity index (χ3n) is 4.17. The number of carbonyl (C=O) groups excluding carboxylic acids is 3. The van der Waals surface area contributed by atoms with E-state index in [2.05, 4.69) is 26.6 Å². The third kappa shape index (κ3) is 3.45. The Kier molecular flexibility index (Phi) is 4.77. The van der Waals surface area contributed by atoms with Crippen molar-refractivity contribution in [3.05, 3.63) is 28.7 Å². The van der Waals surface area contributed by atoms with Gasteiger partial charge in [0.05, 0.1) is 24.2 Å². The largest absolute Gasteiger partial charge is 0.355 e. The van der Waals surface area contributed by atoms with Gasteiger partial charge in [-0.05, 0) is 43.5 Å². The second kappa shape index (κ2) is 6.80. The minimum absolute atomic E-state index is 0.0820. The average Bonchev–Trinajstić information content (AvgIpc) is 2.68. The van der Waals surface area contributed by atoms with Crippen LogP contribution in [0.15, 0.2) is 28.7 Å². The van der Waals surface area contributed by atoms with Crippen LogP contribution in [0.2, 0.25) is 0 Å². The quantitative estimate of drug-likeness (QED) is 0.776. The summed E-state index contributed by atoms with van der Waals surface area (Å²) in [6.45, 7) is 0.666. The van der Waals surface area contributed by atoms with E-state index < -0.39 is 12.1 Å². The summed E-state index contributed by atoms with van der Waals surface area (Å²) < 4.78 is 0.880. The number of halogens is 1. The topological polar surface area (TPSA) is 78.5 Å². The Balaban J connectivity index is 1.73. The van der Waals surface area contributed by atoms with Crippen LogP contribution in [0, 0.1) is 0 Å². The maximum atomic E-state index is 12.6. The van der Waals surface area contributed by atoms with Gasteiger partial charge in [0, 0.05) is 11.0 Å². The number of nitrogens with zero attached hydrogens (tertiary/aromatic N) is 1. The first kappa shape index (κ1) is 16.1. The van der Waals surface area contributed by atoms with Crippen LogP contribution >= 0.6 is 15.9 Å². The molecule has 3 amide bonds. The summed E-state index contributed by atoms with van der Waals surface area (Å²) in [6.07, 6.45) is 2.62. The first-order chi connectivity index (χ1) is 11.1. The van der Waals surface area contributed by atoms with Crippen molar-refractivity contribution in [1.29, 1.82) is 0 Å². The van der Waals surface area contributed by atoms with Crippen molar-refractivity contribution in [2.75, 3.05) is 11.4 Å². The van der Waals surface area contributed by atoms with E-state index in [1.54, 1.807) is 24.3 Å². The van der Waals surface area contributed by atoms with Crippen LogP contribution < -0.4 is 15.5 Å². The Bertz CT molecular complexity index is 632. The summed E-state index contributed by atoms with van der Waals surface area (Å²) >= 11 is 3.33. The minimum Gasteiger partial charge on any atom is -0.355 e. The zero-order valence-corrected chi connectivity index (χ0v) is 14.1. The predicted octanol–water partition coefficient (Wildman–Crippen LogP) is 1.34. The van der Waals surface area contributed by atoms with Crippen LogP contribution in [0.4, 0.5) is 5.69 Å². The van der Waals surface area contributed by atoms with Gasteiger partial charge in [0.2, 0.25) is 11.8 Å². The molecule has 23 heavy (non-hydrogen) atoms. The first-order valence-corrected chi connectivity index (χ1v) is 8.51. The molecular weight excluding hydrogens is 362 g/mol. The normalized spacial score (nSPS) is 25.4. The number of nitrogens with one attached hydrogen (secondary N) is 2. The van der Waals surface area contributed by atoms with Gasteiger partial charge in [-0.15, -0.1) is 0 Å². The second-order valence-corrected chi connectivity index (χ2v) is 6.72. The molecule has 2 aliphatic heterocycles. The van der Waals surface area contributed by atoms with Gasteiger partial charge in [0.15, 0.2) is 0 Å². The number of hydrogen-bond acceptors (Lipinski definition) is 4. The lowest BCUT2D eigenvalue weighted by Gasteiger charge is -2.20. The summed E-state index contributed by atoms with van der Waals surface area (Å²) in [7, 11) is 0. The molecule has 6 nitrogen and oxygen atoms in total. The summed E-state index contributed by atoms with van der Waals surface area (Å²) in [4.78, 5) is 38.0. The molecule has 1 aromatic rings. The van der Waals surface area contributed by atoms with E-state index in [-0.39, 0.29) is 24.1 Å². The lowest BCUT2D eigenvalue weighted by atomic mass is 10.1. The SMILES string of the molecule is O=C1NCCCC[C@@H]1N[C@H]1CC(=O)N(c2ccc(Br)cc2)C1=O. The highest BCUT2D eigenvalue weighted by Gasteiger charge is 2.41. The fourth-order valence-electron chi connectivity index (χ4n) is 2.96. The molecule has 2 saturated heterocycles. The van der Waals surface area contributed by atoms with Crippen molar-refractivity contribution in [2.45, 2.75) is 37.8 Å². The first-order valence-electron chi connectivity index (χ1n) is 7.72. The van der Waals surface area contributed by atoms with Crippen molar-refractivity contribution < 1.29 is 14.4 Å². The molecule has 3 rings (SSSR count). The zero-order valence-electron chi connectivity index (χ0n) is 12.5. The molecule has 0 spiro atoms. The van der Waals surface area contributed by atoms with Crippen molar-refractivity contribution >= 4 is 39.3 Å². The maximum Gasteiger partial charge on any atom is 0.251 e. The van der Waals surface area contributed by atoms with Gasteiger partial charge in [-0.2, -0.15) is 0 Å². The van der Waals surface area contributed by atoms with E-state index in [0.29, 0.717) is 18.7 Å². The number of anilines is 1. The molecule has 122 valence electrons. The fourth-order valence-corrected chi connectivity index (χ4v) is 3.23. The van der Waals surface area contributed by atoms with Crippen molar-refractivity contribution in [1.82, 2.24) is 10.6 Å². The lowest BCUT2D eigenvalue weighted by Crippen LogP contribution is -2.50. The molecule has 0 bridgehead atoms. The lowest BCUT2D eigenvalue weighted by molar-refractivity contribution is -0.123. The van der Waals surface area contributed by atoms with Gasteiger partial charge in [-0.3, -0.25) is 19.7 Å². The molecule has 2 atom stereocenters. The van der Waals surface area contributed by atoms with Crippen LogP contribution in [0.25, 0.3) is 0 Å². The van der Waals surface area contributed by atoms with Gasteiger partial charge in [0.1, 0.15) is 0 Å². The number of hydrogen-bond donors (Lipinski definition) is 2. The maximum absolute atomic E-state index is 12.6. The van der Waals surface area contributed by atoms with Gasteiger partial charge in [-0.1, -0.05) is 15.9 Å². The monoisotopic (exact) mass is 379 g/mol. The van der Waals surface area contributed by atoms with Crippen LogP contribution in [-0.4, -0.2) is 36.3 Å². The molecule has 7 heteroatoms. The predicted molar refractivity (Wildman–Crippen MR) is 88.8 cm³/mol. The van der Waals surface area contributed by atoms with Crippen LogP contribution in [0.5, 0.6) is 0 Å². The highest BCUT2D eigenvalue weighted by atomic mass is 79.9. The van der Waals surface area contributed by atoms with E-state index >= 15 is 0 Å². The zero-order chi connectivity index (χ0) is 16.4. The van der Waals surface area contributed by atoms with Gasteiger partial charge < -0.3 is 5.32 Å². The Morgan fingerprint density at radius 2 is 1.83 bits per heavy atom. The Hall–Kier alpha value is -1.73. The van der Waals surface area contributed by atoms with Crippen LogP contribution in [0.1, 0.15) is 25.7 Å². The summed E-state index contributed by atoms with van der Waals surface area (Å²) in [5, 5.41) is 5.89. The minimum atomic E-state index is -0.639. The average molecular weight is 380 g/mol. The smallest absolute Gasteiger partial charge is 0.251 e. The van der Waals surface area contributed by atoms with Crippen LogP contribution in [0.3, 0.4) is 0 Å². The van der Waals surface area contributed by atoms with Crippen LogP contribution in [-0.2, 0) is 14.4 Å². The number of amides is 3. The molecule has 0 unspecified atom stereocenters. The number of rotatable bonds is 3. The highest BCUT2D eigenvalue weighted by Crippen LogP contribution is 2.25. The van der Waals surface area contributed by atoms with Crippen molar-refractivity contribution in [3.63, 3.8) is 0 Å². The highest BCUT2D eigenvalue weighted by molar-refractivity contribution is 9.10. The second-order valence-electron chi connectivity index (χ2n) is 5.81. The van der Waals surface area contributed by atoms with Gasteiger partial charge in [-0.25, -0.2) is 4.90 Å². The number of benzene rings is 1. The molecule has 2 heterocycles. The Morgan fingerprint density at radius 3 is 2.57 bits per heavy atom. The fraction of sp³-hybridized carbons (Fsp3) is 0.438. The van der Waals surface area contributed by atoms with Crippen molar-refractivity contribution in [3.8, 4) is 0 Å². The molecule has 1 aromatic carbocycles. The molecular formula is C16H18BrN3O3. The molecule has 0 aliphatic carbocycles. The van der Waals surface area contributed by atoms with Crippen molar-refractivity contribution in [2.24, 2.45) is 0 Å². The number of imide groups is 1. The standard InChI is InChI=1S/C16H18BrN3O3/c17-10-4-6-11(7-5-10)20-14(21)9-13(16(20)23)19-12-3-1-2-8-18-15(12)22/h4-7,12-13,19H,1-3,8-9H2,(H,18,22)/t12-,13-/m0/s1. The Labute approximate surface area is 142 Å². The summed E-state index contributed by atoms with van der Waals surface area (Å²) in [5.74, 6) is -0.636. The molecule has 0 radical (unpaired) electrons. The van der Waals surface area contributed by atoms with E-state index in [4.69, 9.17) is 0 Å². The molecule has 0 saturated carbocycles. The van der Waals surface area contributed by atoms with Gasteiger partial charge in [0.25, 0.3) is 5.91 Å². The van der Waals surface area contributed by atoms with E-state index in [1.165, 1.54) is 4.90 Å². The summed E-state index contributed by atoms with van der Waals surface area (Å²) in [5.41, 5.74) is 0.554. The Morgan fingerprint density at radius 1 is 1.09 bits per heavy atom. The third-order valence-corrected chi connectivity index (χ3v) is 4.70. The molecule has 0 aromatic heterocycles. The van der Waals surface area contributed by atoms with E-state index in [9.17, 15) is 14.4 Å². The number of carbonyl (C=O) groups is 3. The van der Waals surface area contributed by atoms with Gasteiger partial charge >= 0.3 is 0 Å². The molecule has 2 aliphatic rings. The molecule has 2 fully saturated rings. The summed E-state index contributed by atoms with van der Waals surface area (Å²) in [6, 6.07) is 5.97. The van der Waals surface area contributed by atoms with E-state index in [1.807, 2.05) is 0 Å². The molecule has 2 N–H and O–H groups in total.